The number of hydrogen-bond acceptors (Lipinski definition) is 5. The number of piperidine rings is 1. The van der Waals surface area contributed by atoms with Crippen LogP contribution in [0.5, 0.6) is 5.75 Å². The van der Waals surface area contributed by atoms with Gasteiger partial charge in [0.25, 0.3) is 0 Å². The molecule has 2 aromatic rings. The minimum absolute atomic E-state index is 0.200. The number of aldehydes is 1. The molecule has 0 atom stereocenters. The average Bonchev–Trinajstić information content (AvgIpc) is 2.91. The minimum atomic E-state index is 0.200. The van der Waals surface area contributed by atoms with Gasteiger partial charge in [-0.1, -0.05) is 11.6 Å². The van der Waals surface area contributed by atoms with Crippen molar-refractivity contribution in [1.82, 2.24) is 4.98 Å². The molecule has 1 aliphatic heterocycles. The van der Waals surface area contributed by atoms with Crippen molar-refractivity contribution < 1.29 is 9.53 Å². The van der Waals surface area contributed by atoms with Crippen LogP contribution in [0.15, 0.2) is 24.3 Å². The zero-order valence-corrected chi connectivity index (χ0v) is 13.9. The van der Waals surface area contributed by atoms with Crippen molar-refractivity contribution in [2.75, 3.05) is 18.0 Å². The number of thiazole rings is 1. The smallest absolute Gasteiger partial charge is 0.171 e. The van der Waals surface area contributed by atoms with Gasteiger partial charge >= 0.3 is 0 Å². The summed E-state index contributed by atoms with van der Waals surface area (Å²) < 4.78 is 5.99. The Morgan fingerprint density at radius 3 is 2.64 bits per heavy atom. The minimum Gasteiger partial charge on any atom is -0.490 e. The lowest BCUT2D eigenvalue weighted by atomic mass is 10.1. The first kappa shape index (κ1) is 15.3. The second kappa shape index (κ2) is 6.67. The first-order chi connectivity index (χ1) is 10.7. The van der Waals surface area contributed by atoms with Crippen LogP contribution in [0, 0.1) is 6.92 Å². The quantitative estimate of drug-likeness (QED) is 0.792. The summed E-state index contributed by atoms with van der Waals surface area (Å²) in [5.41, 5.74) is 0.555. The summed E-state index contributed by atoms with van der Waals surface area (Å²) in [6.45, 7) is 3.68. The van der Waals surface area contributed by atoms with Crippen molar-refractivity contribution in [1.29, 1.82) is 0 Å². The fraction of sp³-hybridized carbons (Fsp3) is 0.375. The zero-order chi connectivity index (χ0) is 15.5. The van der Waals surface area contributed by atoms with Gasteiger partial charge in [0, 0.05) is 31.0 Å². The summed E-state index contributed by atoms with van der Waals surface area (Å²) >= 11 is 7.46. The normalized spacial score (nSPS) is 15.8. The number of carbonyl (C=O) groups excluding carboxylic acids is 1. The van der Waals surface area contributed by atoms with Crippen molar-refractivity contribution in [3.8, 4) is 5.75 Å². The molecule has 116 valence electrons. The third-order valence-corrected chi connectivity index (χ3v) is 5.00. The van der Waals surface area contributed by atoms with E-state index in [0.29, 0.717) is 10.7 Å². The Labute approximate surface area is 138 Å². The number of ether oxygens (including phenoxy) is 1. The van der Waals surface area contributed by atoms with Crippen LogP contribution < -0.4 is 9.64 Å². The maximum absolute atomic E-state index is 11.1. The molecule has 2 heterocycles. The number of nitrogens with zero attached hydrogens (tertiary/aromatic N) is 2. The number of rotatable bonds is 4. The summed E-state index contributed by atoms with van der Waals surface area (Å²) in [7, 11) is 0. The van der Waals surface area contributed by atoms with Crippen molar-refractivity contribution in [2.24, 2.45) is 0 Å². The molecule has 1 saturated heterocycles. The van der Waals surface area contributed by atoms with Crippen molar-refractivity contribution in [3.63, 3.8) is 0 Å². The second-order valence-corrected chi connectivity index (χ2v) is 6.92. The highest BCUT2D eigenvalue weighted by Gasteiger charge is 2.24. The van der Waals surface area contributed by atoms with E-state index in [1.54, 1.807) is 11.3 Å². The maximum atomic E-state index is 11.1. The average molecular weight is 337 g/mol. The lowest BCUT2D eigenvalue weighted by Gasteiger charge is -2.32. The Kier molecular flexibility index (Phi) is 4.64. The molecule has 0 saturated carbocycles. The van der Waals surface area contributed by atoms with Crippen LogP contribution in [0.25, 0.3) is 0 Å². The van der Waals surface area contributed by atoms with Gasteiger partial charge in [0.2, 0.25) is 0 Å². The van der Waals surface area contributed by atoms with Crippen molar-refractivity contribution in [2.45, 2.75) is 25.9 Å². The number of anilines is 1. The van der Waals surface area contributed by atoms with E-state index < -0.39 is 0 Å². The highest BCUT2D eigenvalue weighted by molar-refractivity contribution is 7.16. The molecule has 1 aromatic heterocycles. The number of aromatic nitrogens is 1. The van der Waals surface area contributed by atoms with E-state index in [1.165, 1.54) is 0 Å². The molecule has 0 radical (unpaired) electrons. The van der Waals surface area contributed by atoms with E-state index in [-0.39, 0.29) is 6.10 Å². The molecule has 1 aliphatic rings. The maximum Gasteiger partial charge on any atom is 0.171 e. The Morgan fingerprint density at radius 2 is 2.00 bits per heavy atom. The fourth-order valence-electron chi connectivity index (χ4n) is 2.62. The van der Waals surface area contributed by atoms with E-state index in [4.69, 9.17) is 16.3 Å². The third kappa shape index (κ3) is 3.42. The second-order valence-electron chi connectivity index (χ2n) is 5.30. The SMILES string of the molecule is Cc1nc(C=O)c(N2CCC(Oc3ccc(Cl)cc3)CC2)s1. The monoisotopic (exact) mass is 336 g/mol. The Bertz CT molecular complexity index is 649. The molecule has 3 rings (SSSR count). The largest absolute Gasteiger partial charge is 0.490 e. The number of halogens is 1. The van der Waals surface area contributed by atoms with Gasteiger partial charge in [0.1, 0.15) is 22.5 Å². The highest BCUT2D eigenvalue weighted by atomic mass is 35.5. The molecule has 6 heteroatoms. The van der Waals surface area contributed by atoms with E-state index in [2.05, 4.69) is 9.88 Å². The molecule has 0 amide bonds. The molecule has 0 N–H and O–H groups in total. The predicted molar refractivity (Wildman–Crippen MR) is 89.6 cm³/mol. The highest BCUT2D eigenvalue weighted by Crippen LogP contribution is 2.30. The van der Waals surface area contributed by atoms with Crippen LogP contribution in [0.4, 0.5) is 5.00 Å². The predicted octanol–water partition coefficient (Wildman–Crippen LogP) is 3.97. The standard InChI is InChI=1S/C16H17ClN2O2S/c1-11-18-15(10-20)16(22-11)19-8-6-14(7-9-19)21-13-4-2-12(17)3-5-13/h2-5,10,14H,6-9H2,1H3. The van der Waals surface area contributed by atoms with E-state index in [1.807, 2.05) is 31.2 Å². The van der Waals surface area contributed by atoms with Gasteiger partial charge in [-0.25, -0.2) is 4.98 Å². The van der Waals surface area contributed by atoms with E-state index in [0.717, 1.165) is 48.0 Å². The molecule has 4 nitrogen and oxygen atoms in total. The molecule has 22 heavy (non-hydrogen) atoms. The van der Waals surface area contributed by atoms with E-state index >= 15 is 0 Å². The molecular formula is C16H17ClN2O2S. The zero-order valence-electron chi connectivity index (χ0n) is 12.3. The fourth-order valence-corrected chi connectivity index (χ4v) is 3.68. The summed E-state index contributed by atoms with van der Waals surface area (Å²) in [6.07, 6.45) is 2.90. The molecule has 1 fully saturated rings. The summed E-state index contributed by atoms with van der Waals surface area (Å²) in [6, 6.07) is 7.46. The van der Waals surface area contributed by atoms with Gasteiger partial charge in [0.05, 0.1) is 5.01 Å². The lowest BCUT2D eigenvalue weighted by molar-refractivity contribution is 0.111. The Hall–Kier alpha value is -1.59. The summed E-state index contributed by atoms with van der Waals surface area (Å²) in [5, 5.41) is 2.62. The van der Waals surface area contributed by atoms with Gasteiger partial charge in [-0.05, 0) is 31.2 Å². The van der Waals surface area contributed by atoms with Crippen molar-refractivity contribution in [3.05, 3.63) is 40.0 Å². The van der Waals surface area contributed by atoms with Gasteiger partial charge in [0.15, 0.2) is 6.29 Å². The first-order valence-electron chi connectivity index (χ1n) is 7.25. The van der Waals surface area contributed by atoms with E-state index in [9.17, 15) is 4.79 Å². The van der Waals surface area contributed by atoms with Gasteiger partial charge in [-0.3, -0.25) is 4.79 Å². The van der Waals surface area contributed by atoms with Crippen LogP contribution >= 0.6 is 22.9 Å². The number of aryl methyl sites for hydroxylation is 1. The molecule has 0 unspecified atom stereocenters. The van der Waals surface area contributed by atoms with Crippen molar-refractivity contribution >= 4 is 34.2 Å². The summed E-state index contributed by atoms with van der Waals surface area (Å²) in [4.78, 5) is 17.6. The van der Waals surface area contributed by atoms with Crippen LogP contribution in [-0.2, 0) is 0 Å². The number of hydrogen-bond donors (Lipinski definition) is 0. The topological polar surface area (TPSA) is 42.4 Å². The summed E-state index contributed by atoms with van der Waals surface area (Å²) in [5.74, 6) is 0.852. The van der Waals surface area contributed by atoms with Crippen LogP contribution in [0.3, 0.4) is 0 Å². The van der Waals surface area contributed by atoms with Gasteiger partial charge in [-0.2, -0.15) is 0 Å². The number of carbonyl (C=O) groups is 1. The third-order valence-electron chi connectivity index (χ3n) is 3.70. The Morgan fingerprint density at radius 1 is 1.32 bits per heavy atom. The van der Waals surface area contributed by atoms with Crippen LogP contribution in [-0.4, -0.2) is 30.5 Å². The van der Waals surface area contributed by atoms with Gasteiger partial charge in [-0.15, -0.1) is 11.3 Å². The molecule has 0 bridgehead atoms. The number of benzene rings is 1. The molecule has 1 aromatic carbocycles. The molecule has 0 aliphatic carbocycles. The van der Waals surface area contributed by atoms with Crippen LogP contribution in [0.1, 0.15) is 28.3 Å². The Balaban J connectivity index is 1.60. The van der Waals surface area contributed by atoms with Gasteiger partial charge < -0.3 is 9.64 Å². The van der Waals surface area contributed by atoms with Crippen LogP contribution in [0.2, 0.25) is 5.02 Å². The lowest BCUT2D eigenvalue weighted by Crippen LogP contribution is -2.38. The molecule has 0 spiro atoms. The first-order valence-corrected chi connectivity index (χ1v) is 8.45. The molecular weight excluding hydrogens is 320 g/mol.